The van der Waals surface area contributed by atoms with Crippen LogP contribution in [0.15, 0.2) is 59.1 Å². The summed E-state index contributed by atoms with van der Waals surface area (Å²) in [4.78, 5) is 56.5. The van der Waals surface area contributed by atoms with E-state index in [9.17, 15) is 39.6 Å². The molecule has 5 rings (SSSR count). The maximum absolute atomic E-state index is 14.0. The second kappa shape index (κ2) is 11.9. The summed E-state index contributed by atoms with van der Waals surface area (Å²) in [7, 11) is 7.16. The van der Waals surface area contributed by atoms with Crippen LogP contribution in [0.1, 0.15) is 46.0 Å². The predicted molar refractivity (Wildman–Crippen MR) is 166 cm³/mol. The van der Waals surface area contributed by atoms with Gasteiger partial charge in [0.1, 0.15) is 22.8 Å². The lowest BCUT2D eigenvalue weighted by Gasteiger charge is -2.50. The highest BCUT2D eigenvalue weighted by Crippen LogP contribution is 2.53. The van der Waals surface area contributed by atoms with Gasteiger partial charge in [-0.2, -0.15) is 0 Å². The Morgan fingerprint density at radius 2 is 1.76 bits per heavy atom. The van der Waals surface area contributed by atoms with Crippen molar-refractivity contribution in [2.24, 2.45) is 11.8 Å². The van der Waals surface area contributed by atoms with Gasteiger partial charge in [-0.25, -0.2) is 0 Å². The van der Waals surface area contributed by atoms with Crippen molar-refractivity contribution in [3.63, 3.8) is 0 Å². The maximum Gasteiger partial charge on any atom is 0.251 e. The Balaban J connectivity index is 1.57. The van der Waals surface area contributed by atoms with Crippen LogP contribution in [0.25, 0.3) is 11.1 Å². The molecule has 0 saturated heterocycles. The standard InChI is InChI=1S/C34H39N3O8/c1-17(38)25-30(41)28(37(4)5)23-16-20-15-22-21(18-8-6-9-19(14-18)33(44)35-12-7-13-36(2)3)10-11-24(39)27(22)29(40)26(20)32(43)34(23,45)31(25)42/h6,8-11,14,20,23,28,39,41,43,45H,7,12-13,15-16H2,1-5H3,(H,35,44)/t20-,23-,28+,34+/m0/s1. The number of likely N-dealkylation sites (N-methyl/N-ethyl adjacent to an activating group) is 1. The van der Waals surface area contributed by atoms with E-state index < -0.39 is 57.9 Å². The zero-order valence-corrected chi connectivity index (χ0v) is 26.0. The number of hydrogen-bond acceptors (Lipinski definition) is 10. The molecule has 3 aliphatic rings. The van der Waals surface area contributed by atoms with Crippen molar-refractivity contribution in [3.05, 3.63) is 75.8 Å². The first-order chi connectivity index (χ1) is 21.2. The quantitative estimate of drug-likeness (QED) is 0.219. The second-order valence-corrected chi connectivity index (χ2v) is 12.6. The number of ketones is 3. The van der Waals surface area contributed by atoms with Crippen LogP contribution in [0.4, 0.5) is 0 Å². The Morgan fingerprint density at radius 1 is 1.04 bits per heavy atom. The molecular weight excluding hydrogens is 578 g/mol. The van der Waals surface area contributed by atoms with Crippen molar-refractivity contribution in [3.8, 4) is 16.9 Å². The summed E-state index contributed by atoms with van der Waals surface area (Å²) in [5.74, 6) is -6.35. The van der Waals surface area contributed by atoms with Crippen molar-refractivity contribution in [1.82, 2.24) is 15.1 Å². The Kier molecular flexibility index (Phi) is 8.47. The number of rotatable bonds is 8. The fourth-order valence-corrected chi connectivity index (χ4v) is 7.15. The first kappa shape index (κ1) is 32.1. The number of benzene rings is 2. The van der Waals surface area contributed by atoms with Crippen molar-refractivity contribution < 1.29 is 39.6 Å². The summed E-state index contributed by atoms with van der Waals surface area (Å²) in [5.41, 5.74) is -1.31. The molecule has 238 valence electrons. The van der Waals surface area contributed by atoms with Crippen LogP contribution < -0.4 is 5.32 Å². The molecule has 11 heteroatoms. The molecule has 2 aromatic carbocycles. The van der Waals surface area contributed by atoms with Crippen molar-refractivity contribution >= 4 is 23.3 Å². The molecule has 0 bridgehead atoms. The molecule has 45 heavy (non-hydrogen) atoms. The van der Waals surface area contributed by atoms with Gasteiger partial charge in [-0.05, 0) is 102 Å². The van der Waals surface area contributed by atoms with E-state index in [1.165, 1.54) is 6.07 Å². The van der Waals surface area contributed by atoms with Crippen molar-refractivity contribution in [2.45, 2.75) is 37.8 Å². The van der Waals surface area contributed by atoms with Crippen LogP contribution in [-0.4, -0.2) is 106 Å². The third-order valence-electron chi connectivity index (χ3n) is 9.22. The molecule has 0 spiro atoms. The number of amides is 1. The summed E-state index contributed by atoms with van der Waals surface area (Å²) in [6.45, 7) is 2.42. The summed E-state index contributed by atoms with van der Waals surface area (Å²) in [6, 6.07) is 8.99. The van der Waals surface area contributed by atoms with Crippen LogP contribution in [0, 0.1) is 11.8 Å². The number of aliphatic hydroxyl groups is 3. The molecule has 5 N–H and O–H groups in total. The van der Waals surface area contributed by atoms with Gasteiger partial charge in [-0.15, -0.1) is 0 Å². The Morgan fingerprint density at radius 3 is 2.40 bits per heavy atom. The molecule has 1 amide bonds. The van der Waals surface area contributed by atoms with E-state index in [1.54, 1.807) is 49.3 Å². The highest BCUT2D eigenvalue weighted by Gasteiger charge is 2.63. The number of phenolic OH excluding ortho intramolecular Hbond substituents is 1. The van der Waals surface area contributed by atoms with Gasteiger partial charge < -0.3 is 30.6 Å². The fraction of sp³-hybridized carbons (Fsp3) is 0.412. The molecule has 0 fully saturated rings. The van der Waals surface area contributed by atoms with E-state index in [4.69, 9.17) is 0 Å². The molecule has 0 aliphatic heterocycles. The minimum Gasteiger partial charge on any atom is -0.510 e. The monoisotopic (exact) mass is 617 g/mol. The molecule has 0 aromatic heterocycles. The normalized spacial score (nSPS) is 24.5. The number of carbonyl (C=O) groups is 4. The molecule has 2 aromatic rings. The highest BCUT2D eigenvalue weighted by atomic mass is 16.3. The van der Waals surface area contributed by atoms with Crippen LogP contribution in [-0.2, 0) is 16.0 Å². The van der Waals surface area contributed by atoms with Gasteiger partial charge >= 0.3 is 0 Å². The Labute approximate surface area is 261 Å². The molecule has 0 heterocycles. The van der Waals surface area contributed by atoms with E-state index in [0.717, 1.165) is 19.9 Å². The van der Waals surface area contributed by atoms with E-state index >= 15 is 0 Å². The molecule has 0 saturated carbocycles. The molecule has 11 nitrogen and oxygen atoms in total. The van der Waals surface area contributed by atoms with Gasteiger partial charge in [0.15, 0.2) is 17.2 Å². The van der Waals surface area contributed by atoms with Crippen LogP contribution in [0.3, 0.4) is 0 Å². The van der Waals surface area contributed by atoms with Gasteiger partial charge in [-0.1, -0.05) is 18.2 Å². The average molecular weight is 618 g/mol. The first-order valence-corrected chi connectivity index (χ1v) is 14.9. The number of fused-ring (bicyclic) bond motifs is 3. The number of carbonyl (C=O) groups excluding carboxylic acids is 4. The first-order valence-electron chi connectivity index (χ1n) is 14.9. The Hall–Kier alpha value is -4.32. The number of phenols is 1. The lowest BCUT2D eigenvalue weighted by molar-refractivity contribution is -0.148. The van der Waals surface area contributed by atoms with Crippen molar-refractivity contribution in [2.75, 3.05) is 41.3 Å². The third-order valence-corrected chi connectivity index (χ3v) is 9.22. The topological polar surface area (TPSA) is 168 Å². The van der Waals surface area contributed by atoms with Gasteiger partial charge in [0, 0.05) is 23.6 Å². The van der Waals surface area contributed by atoms with Gasteiger partial charge in [0.2, 0.25) is 5.78 Å². The van der Waals surface area contributed by atoms with Gasteiger partial charge in [0.05, 0.1) is 11.6 Å². The molecular formula is C34H39N3O8. The van der Waals surface area contributed by atoms with E-state index in [-0.39, 0.29) is 35.6 Å². The number of nitrogens with zero attached hydrogens (tertiary/aromatic N) is 2. The fourth-order valence-electron chi connectivity index (χ4n) is 7.15. The third kappa shape index (κ3) is 5.24. The maximum atomic E-state index is 14.0. The highest BCUT2D eigenvalue weighted by molar-refractivity contribution is 6.25. The van der Waals surface area contributed by atoms with E-state index in [0.29, 0.717) is 28.8 Å². The van der Waals surface area contributed by atoms with Crippen LogP contribution >= 0.6 is 0 Å². The second-order valence-electron chi connectivity index (χ2n) is 12.6. The predicted octanol–water partition coefficient (Wildman–Crippen LogP) is 2.57. The largest absolute Gasteiger partial charge is 0.510 e. The number of aromatic hydroxyl groups is 1. The Bertz CT molecular complexity index is 1670. The number of nitrogens with one attached hydrogen (secondary N) is 1. The summed E-state index contributed by atoms with van der Waals surface area (Å²) < 4.78 is 0. The summed E-state index contributed by atoms with van der Waals surface area (Å²) in [6.07, 6.45) is 0.974. The minimum atomic E-state index is -2.62. The zero-order chi connectivity index (χ0) is 33.0. The molecule has 0 unspecified atom stereocenters. The lowest BCUT2D eigenvalue weighted by atomic mass is 9.58. The smallest absolute Gasteiger partial charge is 0.251 e. The van der Waals surface area contributed by atoms with Crippen molar-refractivity contribution in [1.29, 1.82) is 0 Å². The van der Waals surface area contributed by atoms with E-state index in [1.807, 2.05) is 19.0 Å². The van der Waals surface area contributed by atoms with Crippen LogP contribution in [0.5, 0.6) is 5.75 Å². The average Bonchev–Trinajstić information content (AvgIpc) is 2.96. The molecule has 4 atom stereocenters. The number of allylic oxidation sites excluding steroid dienone is 1. The zero-order valence-electron chi connectivity index (χ0n) is 26.0. The van der Waals surface area contributed by atoms with Gasteiger partial charge in [-0.3, -0.25) is 24.1 Å². The van der Waals surface area contributed by atoms with Gasteiger partial charge in [0.25, 0.3) is 5.91 Å². The summed E-state index contributed by atoms with van der Waals surface area (Å²) in [5, 5.41) is 48.2. The number of Topliss-reactive ketones (excluding diaryl/α,β-unsaturated/α-hetero) is 3. The van der Waals surface area contributed by atoms with Crippen LogP contribution in [0.2, 0.25) is 0 Å². The lowest BCUT2D eigenvalue weighted by Crippen LogP contribution is -2.63. The molecule has 3 aliphatic carbocycles. The number of hydrogen-bond donors (Lipinski definition) is 5. The summed E-state index contributed by atoms with van der Waals surface area (Å²) >= 11 is 0. The number of aliphatic hydroxyl groups excluding tert-OH is 2. The SMILES string of the molecule is CC(=O)C1=C(O)[C@H](N(C)C)[C@@H]2C[C@@H]3Cc4c(-c5cccc(C(=O)NCCCN(C)C)c5)ccc(O)c4C(=O)C3=C(O)[C@]2(O)C1=O. The molecule has 0 radical (unpaired) electrons. The van der Waals surface area contributed by atoms with E-state index in [2.05, 4.69) is 5.32 Å². The minimum absolute atomic E-state index is 0.0232.